The van der Waals surface area contributed by atoms with Gasteiger partial charge in [0.25, 0.3) is 0 Å². The van der Waals surface area contributed by atoms with Crippen molar-refractivity contribution in [2.24, 2.45) is 5.92 Å². The smallest absolute Gasteiger partial charge is 0.0962 e. The highest BCUT2D eigenvalue weighted by Crippen LogP contribution is 2.35. The van der Waals surface area contributed by atoms with Crippen LogP contribution in [0.4, 0.5) is 0 Å². The van der Waals surface area contributed by atoms with Gasteiger partial charge in [0.15, 0.2) is 0 Å². The summed E-state index contributed by atoms with van der Waals surface area (Å²) < 4.78 is 0. The fourth-order valence-electron chi connectivity index (χ4n) is 2.99. The summed E-state index contributed by atoms with van der Waals surface area (Å²) in [4.78, 5) is 6.45. The second kappa shape index (κ2) is 8.14. The molecule has 0 atom stereocenters. The summed E-state index contributed by atoms with van der Waals surface area (Å²) in [6.45, 7) is 8.86. The molecular formula is C17H30N2S. The number of nitrogens with one attached hydrogen (secondary N) is 1. The predicted molar refractivity (Wildman–Crippen MR) is 88.5 cm³/mol. The molecule has 0 unspecified atom stereocenters. The minimum absolute atomic E-state index is 0.717. The molecule has 0 saturated heterocycles. The van der Waals surface area contributed by atoms with Gasteiger partial charge in [0.1, 0.15) is 0 Å². The fourth-order valence-corrected chi connectivity index (χ4v) is 4.29. The van der Waals surface area contributed by atoms with Crippen molar-refractivity contribution in [3.05, 3.63) is 15.6 Å². The van der Waals surface area contributed by atoms with Gasteiger partial charge in [-0.1, -0.05) is 46.5 Å². The van der Waals surface area contributed by atoms with Gasteiger partial charge in [-0.15, -0.1) is 11.3 Å². The lowest BCUT2D eigenvalue weighted by molar-refractivity contribution is 0.553. The average molecular weight is 295 g/mol. The first kappa shape index (κ1) is 16.0. The van der Waals surface area contributed by atoms with Crippen molar-refractivity contribution < 1.29 is 0 Å². The van der Waals surface area contributed by atoms with E-state index < -0.39 is 0 Å². The van der Waals surface area contributed by atoms with Crippen LogP contribution in [-0.4, -0.2) is 11.5 Å². The van der Waals surface area contributed by atoms with E-state index in [1.165, 1.54) is 54.1 Å². The molecule has 1 aliphatic rings. The van der Waals surface area contributed by atoms with Gasteiger partial charge in [0.2, 0.25) is 0 Å². The Hall–Kier alpha value is -0.410. The lowest BCUT2D eigenvalue weighted by Gasteiger charge is -2.09. The van der Waals surface area contributed by atoms with Gasteiger partial charge in [-0.05, 0) is 31.7 Å². The van der Waals surface area contributed by atoms with E-state index in [2.05, 4.69) is 26.1 Å². The summed E-state index contributed by atoms with van der Waals surface area (Å²) in [6, 6.07) is 0. The van der Waals surface area contributed by atoms with E-state index in [0.29, 0.717) is 5.92 Å². The molecule has 0 amide bonds. The maximum atomic E-state index is 4.97. The van der Waals surface area contributed by atoms with Gasteiger partial charge in [-0.2, -0.15) is 0 Å². The van der Waals surface area contributed by atoms with Crippen molar-refractivity contribution in [3.63, 3.8) is 0 Å². The Labute approximate surface area is 128 Å². The Balaban J connectivity index is 2.01. The van der Waals surface area contributed by atoms with Crippen LogP contribution in [0.3, 0.4) is 0 Å². The summed E-state index contributed by atoms with van der Waals surface area (Å²) in [5.41, 5.74) is 1.34. The van der Waals surface area contributed by atoms with Crippen molar-refractivity contribution in [1.29, 1.82) is 0 Å². The van der Waals surface area contributed by atoms with Crippen molar-refractivity contribution in [2.75, 3.05) is 6.54 Å². The zero-order valence-corrected chi connectivity index (χ0v) is 14.2. The third kappa shape index (κ3) is 4.56. The van der Waals surface area contributed by atoms with Crippen LogP contribution in [0.2, 0.25) is 0 Å². The summed E-state index contributed by atoms with van der Waals surface area (Å²) in [7, 11) is 0. The molecule has 1 aromatic rings. The summed E-state index contributed by atoms with van der Waals surface area (Å²) >= 11 is 1.98. The maximum Gasteiger partial charge on any atom is 0.0962 e. The number of aromatic nitrogens is 1. The Morgan fingerprint density at radius 1 is 1.20 bits per heavy atom. The number of nitrogens with zero attached hydrogens (tertiary/aromatic N) is 1. The summed E-state index contributed by atoms with van der Waals surface area (Å²) in [5, 5.41) is 5.00. The van der Waals surface area contributed by atoms with Crippen LogP contribution in [0.25, 0.3) is 0 Å². The van der Waals surface area contributed by atoms with Gasteiger partial charge in [-0.25, -0.2) is 4.98 Å². The van der Waals surface area contributed by atoms with E-state index in [9.17, 15) is 0 Å². The molecule has 1 heterocycles. The molecule has 0 bridgehead atoms. The van der Waals surface area contributed by atoms with Crippen molar-refractivity contribution in [2.45, 2.75) is 78.2 Å². The number of aryl methyl sites for hydroxylation is 1. The van der Waals surface area contributed by atoms with Gasteiger partial charge in [0, 0.05) is 17.3 Å². The lowest BCUT2D eigenvalue weighted by atomic mass is 10.0. The molecule has 3 heteroatoms. The van der Waals surface area contributed by atoms with Crippen LogP contribution in [0, 0.1) is 5.92 Å². The zero-order valence-electron chi connectivity index (χ0n) is 13.4. The van der Waals surface area contributed by atoms with E-state index in [1.54, 1.807) is 0 Å². The first-order valence-corrected chi connectivity index (χ1v) is 9.21. The van der Waals surface area contributed by atoms with E-state index in [-0.39, 0.29) is 0 Å². The van der Waals surface area contributed by atoms with Crippen molar-refractivity contribution in [1.82, 2.24) is 10.3 Å². The molecular weight excluding hydrogens is 264 g/mol. The standard InChI is InChI=1S/C17H30N2S/c1-4-15-16(12-18-11-13(2)3)20-17(19-15)14-9-7-5-6-8-10-14/h13-14,18H,4-12H2,1-3H3. The minimum Gasteiger partial charge on any atom is -0.312 e. The molecule has 0 radical (unpaired) electrons. The third-order valence-electron chi connectivity index (χ3n) is 4.17. The highest BCUT2D eigenvalue weighted by atomic mass is 32.1. The van der Waals surface area contributed by atoms with E-state index in [4.69, 9.17) is 4.98 Å². The molecule has 114 valence electrons. The Morgan fingerprint density at radius 2 is 1.90 bits per heavy atom. The molecule has 1 aliphatic carbocycles. The van der Waals surface area contributed by atoms with Gasteiger partial charge in [-0.3, -0.25) is 0 Å². The quantitative estimate of drug-likeness (QED) is 0.756. The number of hydrogen-bond donors (Lipinski definition) is 1. The molecule has 1 saturated carbocycles. The van der Waals surface area contributed by atoms with Crippen LogP contribution in [-0.2, 0) is 13.0 Å². The average Bonchev–Trinajstić information content (AvgIpc) is 2.65. The summed E-state index contributed by atoms with van der Waals surface area (Å²) in [6.07, 6.45) is 9.42. The molecule has 1 aromatic heterocycles. The van der Waals surface area contributed by atoms with E-state index >= 15 is 0 Å². The number of rotatable bonds is 6. The van der Waals surface area contributed by atoms with Crippen LogP contribution < -0.4 is 5.32 Å². The zero-order chi connectivity index (χ0) is 14.4. The normalized spacial score (nSPS) is 17.6. The van der Waals surface area contributed by atoms with Gasteiger partial charge < -0.3 is 5.32 Å². The van der Waals surface area contributed by atoms with Gasteiger partial charge in [0.05, 0.1) is 10.7 Å². The number of thiazole rings is 1. The van der Waals surface area contributed by atoms with Crippen molar-refractivity contribution >= 4 is 11.3 Å². The highest BCUT2D eigenvalue weighted by molar-refractivity contribution is 7.11. The Bertz CT molecular complexity index is 390. The van der Waals surface area contributed by atoms with E-state index in [1.807, 2.05) is 11.3 Å². The van der Waals surface area contributed by atoms with Crippen LogP contribution >= 0.6 is 11.3 Å². The van der Waals surface area contributed by atoms with Gasteiger partial charge >= 0.3 is 0 Å². The molecule has 1 fully saturated rings. The molecule has 0 aromatic carbocycles. The molecule has 0 aliphatic heterocycles. The predicted octanol–water partition coefficient (Wildman–Crippen LogP) is 4.89. The van der Waals surface area contributed by atoms with Crippen LogP contribution in [0.1, 0.15) is 80.8 Å². The molecule has 20 heavy (non-hydrogen) atoms. The summed E-state index contributed by atoms with van der Waals surface area (Å²) in [5.74, 6) is 1.46. The molecule has 1 N–H and O–H groups in total. The maximum absolute atomic E-state index is 4.97. The van der Waals surface area contributed by atoms with E-state index in [0.717, 1.165) is 25.4 Å². The topological polar surface area (TPSA) is 24.9 Å². The number of hydrogen-bond acceptors (Lipinski definition) is 3. The van der Waals surface area contributed by atoms with Crippen LogP contribution in [0.5, 0.6) is 0 Å². The second-order valence-corrected chi connectivity index (χ2v) is 7.60. The fraction of sp³-hybridized carbons (Fsp3) is 0.824. The van der Waals surface area contributed by atoms with Crippen LogP contribution in [0.15, 0.2) is 0 Å². The third-order valence-corrected chi connectivity index (χ3v) is 5.43. The second-order valence-electron chi connectivity index (χ2n) is 6.49. The monoisotopic (exact) mass is 294 g/mol. The molecule has 2 rings (SSSR count). The SMILES string of the molecule is CCc1nc(C2CCCCCC2)sc1CNCC(C)C. The largest absolute Gasteiger partial charge is 0.312 e. The molecule has 2 nitrogen and oxygen atoms in total. The molecule has 0 spiro atoms. The minimum atomic E-state index is 0.717. The van der Waals surface area contributed by atoms with Crippen molar-refractivity contribution in [3.8, 4) is 0 Å². The first-order chi connectivity index (χ1) is 9.70. The highest BCUT2D eigenvalue weighted by Gasteiger charge is 2.19. The Morgan fingerprint density at radius 3 is 2.50 bits per heavy atom. The lowest BCUT2D eigenvalue weighted by Crippen LogP contribution is -2.18. The first-order valence-electron chi connectivity index (χ1n) is 8.39. The Kier molecular flexibility index (Phi) is 6.50.